The normalized spacial score (nSPS) is 18.2. The molecular formula is C30H38N2O. The first-order valence-electron chi connectivity index (χ1n) is 12.6. The van der Waals surface area contributed by atoms with Crippen LogP contribution in [0.25, 0.3) is 11.1 Å². The van der Waals surface area contributed by atoms with E-state index in [0.29, 0.717) is 18.0 Å². The molecular weight excluding hydrogens is 404 g/mol. The van der Waals surface area contributed by atoms with Gasteiger partial charge in [0.2, 0.25) is 0 Å². The van der Waals surface area contributed by atoms with E-state index in [2.05, 4.69) is 43.3 Å². The van der Waals surface area contributed by atoms with E-state index >= 15 is 0 Å². The van der Waals surface area contributed by atoms with E-state index in [-0.39, 0.29) is 0 Å². The minimum Gasteiger partial charge on any atom is -0.489 e. The molecule has 0 aliphatic heterocycles. The summed E-state index contributed by atoms with van der Waals surface area (Å²) < 4.78 is 5.92. The largest absolute Gasteiger partial charge is 0.489 e. The number of benzene rings is 3. The van der Waals surface area contributed by atoms with Crippen LogP contribution in [0.1, 0.15) is 75.3 Å². The predicted molar refractivity (Wildman–Crippen MR) is 140 cm³/mol. The van der Waals surface area contributed by atoms with Gasteiger partial charge >= 0.3 is 0 Å². The summed E-state index contributed by atoms with van der Waals surface area (Å²) in [6.07, 6.45) is 11.1. The summed E-state index contributed by atoms with van der Waals surface area (Å²) >= 11 is 0. The highest BCUT2D eigenvalue weighted by atomic mass is 16.5. The molecule has 3 aromatic rings. The van der Waals surface area contributed by atoms with Gasteiger partial charge in [0.25, 0.3) is 0 Å². The predicted octanol–water partition coefficient (Wildman–Crippen LogP) is 7.95. The number of rotatable bonds is 9. The average Bonchev–Trinajstić information content (AvgIpc) is 2.83. The van der Waals surface area contributed by atoms with Gasteiger partial charge in [-0.1, -0.05) is 69.0 Å². The number of unbranched alkanes of at least 4 members (excludes halogenated alkanes) is 2. The minimum absolute atomic E-state index is 0.449. The zero-order chi connectivity index (χ0) is 23.0. The molecule has 1 aliphatic carbocycles. The second-order valence-electron chi connectivity index (χ2n) is 9.66. The number of nitrogens with two attached hydrogens (primary N) is 2. The third-order valence-electron chi connectivity index (χ3n) is 7.08. The Kier molecular flexibility index (Phi) is 7.93. The Morgan fingerprint density at radius 2 is 1.36 bits per heavy atom. The maximum absolute atomic E-state index is 5.92. The van der Waals surface area contributed by atoms with Crippen LogP contribution in [-0.4, -0.2) is 0 Å². The Labute approximate surface area is 199 Å². The van der Waals surface area contributed by atoms with Gasteiger partial charge in [-0.2, -0.15) is 0 Å². The van der Waals surface area contributed by atoms with Gasteiger partial charge in [0.05, 0.1) is 0 Å². The lowest BCUT2D eigenvalue weighted by Gasteiger charge is -2.29. The lowest BCUT2D eigenvalue weighted by atomic mass is 9.77. The molecule has 1 aliphatic rings. The standard InChI is InChI=1S/C30H38N2O/c1-2-3-4-5-22-6-8-24(9-7-22)25-10-12-26(13-11-25)27-14-16-30(17-15-27)33-21-23-18-28(31)20-29(32)19-23/h10-20,22,24H,2-9,21,31-32H2,1H3/t22-,24-. The van der Waals surface area contributed by atoms with Crippen LogP contribution in [0.3, 0.4) is 0 Å². The monoisotopic (exact) mass is 442 g/mol. The molecule has 1 fully saturated rings. The lowest BCUT2D eigenvalue weighted by Crippen LogP contribution is -2.13. The van der Waals surface area contributed by atoms with Crippen LogP contribution < -0.4 is 16.2 Å². The first kappa shape index (κ1) is 23.2. The van der Waals surface area contributed by atoms with Crippen molar-refractivity contribution in [3.05, 3.63) is 77.9 Å². The van der Waals surface area contributed by atoms with E-state index in [4.69, 9.17) is 16.2 Å². The second-order valence-corrected chi connectivity index (χ2v) is 9.66. The molecule has 4 N–H and O–H groups in total. The first-order valence-corrected chi connectivity index (χ1v) is 12.6. The van der Waals surface area contributed by atoms with Gasteiger partial charge in [0.15, 0.2) is 0 Å². The van der Waals surface area contributed by atoms with Crippen LogP contribution in [0, 0.1) is 5.92 Å². The molecule has 0 heterocycles. The van der Waals surface area contributed by atoms with Gasteiger partial charge in [-0.25, -0.2) is 0 Å². The van der Waals surface area contributed by atoms with Crippen molar-refractivity contribution in [1.29, 1.82) is 0 Å². The summed E-state index contributed by atoms with van der Waals surface area (Å²) in [5, 5.41) is 0. The molecule has 0 radical (unpaired) electrons. The summed E-state index contributed by atoms with van der Waals surface area (Å²) in [5.74, 6) is 2.54. The fourth-order valence-electron chi connectivity index (χ4n) is 5.15. The van der Waals surface area contributed by atoms with E-state index in [1.165, 1.54) is 68.1 Å². The first-order chi connectivity index (χ1) is 16.1. The zero-order valence-electron chi connectivity index (χ0n) is 19.9. The Morgan fingerprint density at radius 1 is 0.758 bits per heavy atom. The van der Waals surface area contributed by atoms with Crippen LogP contribution in [0.2, 0.25) is 0 Å². The van der Waals surface area contributed by atoms with Gasteiger partial charge in [-0.05, 0) is 90.1 Å². The van der Waals surface area contributed by atoms with Crippen molar-refractivity contribution >= 4 is 11.4 Å². The summed E-state index contributed by atoms with van der Waals surface area (Å²) in [5.41, 5.74) is 18.0. The molecule has 0 bridgehead atoms. The summed E-state index contributed by atoms with van der Waals surface area (Å²) in [6, 6.07) is 23.1. The molecule has 0 amide bonds. The lowest BCUT2D eigenvalue weighted by molar-refractivity contribution is 0.303. The van der Waals surface area contributed by atoms with Crippen molar-refractivity contribution in [1.82, 2.24) is 0 Å². The van der Waals surface area contributed by atoms with Crippen LogP contribution >= 0.6 is 0 Å². The van der Waals surface area contributed by atoms with Crippen molar-refractivity contribution < 1.29 is 4.74 Å². The molecule has 0 unspecified atom stereocenters. The van der Waals surface area contributed by atoms with E-state index in [0.717, 1.165) is 23.1 Å². The fourth-order valence-corrected chi connectivity index (χ4v) is 5.15. The highest BCUT2D eigenvalue weighted by Crippen LogP contribution is 2.38. The Morgan fingerprint density at radius 3 is 1.97 bits per heavy atom. The highest BCUT2D eigenvalue weighted by molar-refractivity contribution is 5.64. The van der Waals surface area contributed by atoms with Crippen LogP contribution in [-0.2, 0) is 6.61 Å². The van der Waals surface area contributed by atoms with E-state index in [1.54, 1.807) is 6.07 Å². The van der Waals surface area contributed by atoms with Gasteiger partial charge in [0.1, 0.15) is 12.4 Å². The molecule has 0 spiro atoms. The third kappa shape index (κ3) is 6.54. The Balaban J connectivity index is 1.30. The average molecular weight is 443 g/mol. The fraction of sp³-hybridized carbons (Fsp3) is 0.400. The SMILES string of the molecule is CCCCC[C@H]1CC[C@H](c2ccc(-c3ccc(OCc4cc(N)cc(N)c4)cc3)cc2)CC1. The number of ether oxygens (including phenoxy) is 1. The van der Waals surface area contributed by atoms with Crippen LogP contribution in [0.4, 0.5) is 11.4 Å². The summed E-state index contributed by atoms with van der Waals surface area (Å²) in [6.45, 7) is 2.74. The number of anilines is 2. The minimum atomic E-state index is 0.449. The molecule has 1 saturated carbocycles. The topological polar surface area (TPSA) is 61.3 Å². The molecule has 33 heavy (non-hydrogen) atoms. The molecule has 3 nitrogen and oxygen atoms in total. The van der Waals surface area contributed by atoms with Crippen molar-refractivity contribution in [2.24, 2.45) is 5.92 Å². The summed E-state index contributed by atoms with van der Waals surface area (Å²) in [7, 11) is 0. The van der Waals surface area contributed by atoms with E-state index in [9.17, 15) is 0 Å². The molecule has 0 atom stereocenters. The highest BCUT2D eigenvalue weighted by Gasteiger charge is 2.22. The zero-order valence-corrected chi connectivity index (χ0v) is 19.9. The van der Waals surface area contributed by atoms with E-state index < -0.39 is 0 Å². The third-order valence-corrected chi connectivity index (χ3v) is 7.08. The molecule has 4 rings (SSSR count). The van der Waals surface area contributed by atoms with Gasteiger partial charge in [-0.3, -0.25) is 0 Å². The quantitative estimate of drug-likeness (QED) is 0.261. The van der Waals surface area contributed by atoms with Crippen molar-refractivity contribution in [3.8, 4) is 16.9 Å². The molecule has 0 aromatic heterocycles. The Bertz CT molecular complexity index is 982. The Hall–Kier alpha value is -2.94. The molecule has 174 valence electrons. The molecule has 0 saturated heterocycles. The number of hydrogen-bond acceptors (Lipinski definition) is 3. The maximum Gasteiger partial charge on any atom is 0.119 e. The van der Waals surface area contributed by atoms with Gasteiger partial charge in [0, 0.05) is 11.4 Å². The van der Waals surface area contributed by atoms with Gasteiger partial charge in [-0.15, -0.1) is 0 Å². The molecule has 3 aromatic carbocycles. The number of hydrogen-bond donors (Lipinski definition) is 2. The summed E-state index contributed by atoms with van der Waals surface area (Å²) in [4.78, 5) is 0. The van der Waals surface area contributed by atoms with Crippen LogP contribution in [0.5, 0.6) is 5.75 Å². The van der Waals surface area contributed by atoms with E-state index in [1.807, 2.05) is 24.3 Å². The number of nitrogen functional groups attached to an aromatic ring is 2. The van der Waals surface area contributed by atoms with Crippen molar-refractivity contribution in [2.45, 2.75) is 70.8 Å². The van der Waals surface area contributed by atoms with Crippen molar-refractivity contribution in [3.63, 3.8) is 0 Å². The smallest absolute Gasteiger partial charge is 0.119 e. The molecule has 3 heteroatoms. The second kappa shape index (κ2) is 11.3. The van der Waals surface area contributed by atoms with Crippen LogP contribution in [0.15, 0.2) is 66.7 Å². The van der Waals surface area contributed by atoms with Crippen molar-refractivity contribution in [2.75, 3.05) is 11.5 Å². The maximum atomic E-state index is 5.92. The van der Waals surface area contributed by atoms with Gasteiger partial charge < -0.3 is 16.2 Å².